The summed E-state index contributed by atoms with van der Waals surface area (Å²) in [5, 5.41) is 10.1. The van der Waals surface area contributed by atoms with Crippen molar-refractivity contribution in [2.45, 2.75) is 45.1 Å². The number of rotatable bonds is 6. The number of nitrogens with zero attached hydrogens (tertiary/aromatic N) is 2. The van der Waals surface area contributed by atoms with Gasteiger partial charge in [0.05, 0.1) is 0 Å². The molecule has 2 aliphatic carbocycles. The van der Waals surface area contributed by atoms with Crippen molar-refractivity contribution >= 4 is 18.1 Å². The summed E-state index contributed by atoms with van der Waals surface area (Å²) in [6.07, 6.45) is 4.22. The number of fused-ring (bicyclic) bond motifs is 3. The Bertz CT molecular complexity index is 840. The van der Waals surface area contributed by atoms with Gasteiger partial charge in [-0.15, -0.1) is 0 Å². The Kier molecular flexibility index (Phi) is 4.46. The highest BCUT2D eigenvalue weighted by Gasteiger charge is 2.52. The van der Waals surface area contributed by atoms with E-state index in [1.165, 1.54) is 24.0 Å². The Morgan fingerprint density at radius 3 is 3.12 bits per heavy atom. The summed E-state index contributed by atoms with van der Waals surface area (Å²) < 4.78 is 2.33. The molecule has 1 fully saturated rings. The van der Waals surface area contributed by atoms with Crippen LogP contribution in [0.25, 0.3) is 0 Å². The summed E-state index contributed by atoms with van der Waals surface area (Å²) in [6, 6.07) is 8.76. The van der Waals surface area contributed by atoms with Crippen LogP contribution in [0.5, 0.6) is 0 Å². The molecule has 0 aliphatic heterocycles. The van der Waals surface area contributed by atoms with E-state index in [9.17, 15) is 4.79 Å². The van der Waals surface area contributed by atoms with Crippen LogP contribution in [0, 0.1) is 16.6 Å². The highest BCUT2D eigenvalue weighted by atomic mass is 32.1. The maximum Gasteiger partial charge on any atom is 0.240 e. The van der Waals surface area contributed by atoms with Crippen molar-refractivity contribution in [2.75, 3.05) is 6.54 Å². The lowest BCUT2D eigenvalue weighted by atomic mass is 9.92. The molecule has 25 heavy (non-hydrogen) atoms. The molecular weight excluding hydrogens is 332 g/mol. The van der Waals surface area contributed by atoms with Crippen molar-refractivity contribution in [3.8, 4) is 0 Å². The third-order valence-corrected chi connectivity index (χ3v) is 5.95. The van der Waals surface area contributed by atoms with E-state index in [-0.39, 0.29) is 12.5 Å². The van der Waals surface area contributed by atoms with Gasteiger partial charge >= 0.3 is 0 Å². The van der Waals surface area contributed by atoms with Crippen molar-refractivity contribution in [1.29, 1.82) is 0 Å². The maximum absolute atomic E-state index is 12.4. The Labute approximate surface area is 152 Å². The molecule has 3 atom stereocenters. The number of hydrogen-bond donors (Lipinski definition) is 2. The summed E-state index contributed by atoms with van der Waals surface area (Å²) in [5.74, 6) is 2.84. The second kappa shape index (κ2) is 6.75. The van der Waals surface area contributed by atoms with E-state index in [2.05, 4.69) is 46.7 Å². The number of aryl methyl sites for hydroxylation is 2. The van der Waals surface area contributed by atoms with Gasteiger partial charge in [-0.25, -0.2) is 0 Å². The topological polar surface area (TPSA) is 62.7 Å². The van der Waals surface area contributed by atoms with Gasteiger partial charge in [-0.1, -0.05) is 31.2 Å². The lowest BCUT2D eigenvalue weighted by molar-refractivity contribution is -0.121. The van der Waals surface area contributed by atoms with Crippen molar-refractivity contribution < 1.29 is 4.79 Å². The fourth-order valence-electron chi connectivity index (χ4n) is 4.35. The summed E-state index contributed by atoms with van der Waals surface area (Å²) in [4.78, 5) is 12.4. The summed E-state index contributed by atoms with van der Waals surface area (Å²) in [5.41, 5.74) is 2.99. The van der Waals surface area contributed by atoms with E-state index in [1.54, 1.807) is 0 Å². The minimum absolute atomic E-state index is 0.0202. The van der Waals surface area contributed by atoms with Crippen molar-refractivity contribution in [2.24, 2.45) is 11.8 Å². The van der Waals surface area contributed by atoms with Crippen LogP contribution in [0.2, 0.25) is 0 Å². The summed E-state index contributed by atoms with van der Waals surface area (Å²) >= 11 is 5.25. The zero-order valence-corrected chi connectivity index (χ0v) is 15.3. The smallest absolute Gasteiger partial charge is 0.240 e. The summed E-state index contributed by atoms with van der Waals surface area (Å²) in [6.45, 7) is 3.11. The zero-order valence-electron chi connectivity index (χ0n) is 14.5. The SMILES string of the molecule is CCCc1n[nH]c(=S)n1CC(=O)NCC1C2CCc3ccccc3C21. The van der Waals surface area contributed by atoms with Gasteiger partial charge in [0.1, 0.15) is 12.4 Å². The highest BCUT2D eigenvalue weighted by Crippen LogP contribution is 2.59. The number of carbonyl (C=O) groups excluding carboxylic acids is 1. The predicted molar refractivity (Wildman–Crippen MR) is 98.9 cm³/mol. The second-order valence-electron chi connectivity index (χ2n) is 7.18. The lowest BCUT2D eigenvalue weighted by Gasteiger charge is -2.13. The number of nitrogens with one attached hydrogen (secondary N) is 2. The van der Waals surface area contributed by atoms with E-state index in [1.807, 2.05) is 4.57 Å². The van der Waals surface area contributed by atoms with Gasteiger partial charge in [0.2, 0.25) is 5.91 Å². The molecule has 0 radical (unpaired) electrons. The van der Waals surface area contributed by atoms with Crippen LogP contribution in [-0.2, 0) is 24.2 Å². The van der Waals surface area contributed by atoms with Crippen LogP contribution in [-0.4, -0.2) is 27.2 Å². The lowest BCUT2D eigenvalue weighted by Crippen LogP contribution is -2.30. The molecule has 132 valence electrons. The molecule has 4 rings (SSSR count). The largest absolute Gasteiger partial charge is 0.354 e. The molecule has 1 aromatic carbocycles. The quantitative estimate of drug-likeness (QED) is 0.782. The van der Waals surface area contributed by atoms with E-state index >= 15 is 0 Å². The highest BCUT2D eigenvalue weighted by molar-refractivity contribution is 7.71. The van der Waals surface area contributed by atoms with E-state index < -0.39 is 0 Å². The van der Waals surface area contributed by atoms with Crippen LogP contribution < -0.4 is 5.32 Å². The number of benzene rings is 1. The number of H-pyrrole nitrogens is 1. The third-order valence-electron chi connectivity index (χ3n) is 5.64. The number of carbonyl (C=O) groups is 1. The number of aromatic nitrogens is 3. The maximum atomic E-state index is 12.4. The van der Waals surface area contributed by atoms with E-state index in [0.717, 1.165) is 31.1 Å². The molecular formula is C19H24N4OS. The van der Waals surface area contributed by atoms with Gasteiger partial charge in [0, 0.05) is 13.0 Å². The van der Waals surface area contributed by atoms with Gasteiger partial charge in [0.15, 0.2) is 4.77 Å². The molecule has 5 nitrogen and oxygen atoms in total. The molecule has 6 heteroatoms. The van der Waals surface area contributed by atoms with Crippen LogP contribution in [0.4, 0.5) is 0 Å². The number of aromatic amines is 1. The molecule has 2 aromatic rings. The van der Waals surface area contributed by atoms with Gasteiger partial charge in [-0.3, -0.25) is 14.5 Å². The Morgan fingerprint density at radius 2 is 2.28 bits per heavy atom. The molecule has 1 heterocycles. The Hall–Kier alpha value is -1.95. The number of hydrogen-bond acceptors (Lipinski definition) is 3. The predicted octanol–water partition coefficient (Wildman–Crippen LogP) is 2.99. The van der Waals surface area contributed by atoms with Crippen LogP contribution in [0.15, 0.2) is 24.3 Å². The Morgan fingerprint density at radius 1 is 1.44 bits per heavy atom. The van der Waals surface area contributed by atoms with Crippen LogP contribution >= 0.6 is 12.2 Å². The first-order valence-corrected chi connectivity index (χ1v) is 9.58. The van der Waals surface area contributed by atoms with E-state index in [4.69, 9.17) is 12.2 Å². The molecule has 1 saturated carbocycles. The van der Waals surface area contributed by atoms with Gasteiger partial charge in [-0.05, 0) is 60.4 Å². The molecule has 1 amide bonds. The second-order valence-corrected chi connectivity index (χ2v) is 7.56. The minimum Gasteiger partial charge on any atom is -0.354 e. The van der Waals surface area contributed by atoms with Crippen LogP contribution in [0.3, 0.4) is 0 Å². The molecule has 2 N–H and O–H groups in total. The first-order chi connectivity index (χ1) is 12.2. The average Bonchev–Trinajstić information content (AvgIpc) is 3.25. The zero-order chi connectivity index (χ0) is 17.4. The van der Waals surface area contributed by atoms with Gasteiger partial charge in [0.25, 0.3) is 0 Å². The van der Waals surface area contributed by atoms with Crippen molar-refractivity contribution in [3.05, 3.63) is 46.0 Å². The first kappa shape index (κ1) is 16.5. The molecule has 0 saturated heterocycles. The molecule has 3 unspecified atom stereocenters. The van der Waals surface area contributed by atoms with Crippen molar-refractivity contribution in [3.63, 3.8) is 0 Å². The van der Waals surface area contributed by atoms with Gasteiger partial charge in [-0.2, -0.15) is 5.10 Å². The minimum atomic E-state index is 0.0202. The molecule has 0 bridgehead atoms. The fraction of sp³-hybridized carbons (Fsp3) is 0.526. The monoisotopic (exact) mass is 356 g/mol. The van der Waals surface area contributed by atoms with Crippen LogP contribution in [0.1, 0.15) is 42.6 Å². The molecule has 1 aromatic heterocycles. The third kappa shape index (κ3) is 3.15. The fourth-order valence-corrected chi connectivity index (χ4v) is 4.56. The Balaban J connectivity index is 1.35. The first-order valence-electron chi connectivity index (χ1n) is 9.17. The average molecular weight is 356 g/mol. The van der Waals surface area contributed by atoms with E-state index in [0.29, 0.717) is 16.6 Å². The van der Waals surface area contributed by atoms with Crippen molar-refractivity contribution in [1.82, 2.24) is 20.1 Å². The molecule has 0 spiro atoms. The summed E-state index contributed by atoms with van der Waals surface area (Å²) in [7, 11) is 0. The van der Waals surface area contributed by atoms with Gasteiger partial charge < -0.3 is 5.32 Å². The standard InChI is InChI=1S/C19H24N4OS/c1-2-5-16-21-22-19(25)23(16)11-17(24)20-10-15-14-9-8-12-6-3-4-7-13(12)18(14)15/h3-4,6-7,14-15,18H,2,5,8-11H2,1H3,(H,20,24)(H,22,25). The number of amides is 1. The normalized spacial score (nSPS) is 23.6. The molecule has 2 aliphatic rings.